The first-order chi connectivity index (χ1) is 6.22. The summed E-state index contributed by atoms with van der Waals surface area (Å²) in [7, 11) is 0. The Labute approximate surface area is 71.2 Å². The Morgan fingerprint density at radius 1 is 1.46 bits per heavy atom. The van der Waals surface area contributed by atoms with E-state index < -0.39 is 11.2 Å². The van der Waals surface area contributed by atoms with Gasteiger partial charge in [0.25, 0.3) is 5.56 Å². The van der Waals surface area contributed by atoms with Gasteiger partial charge in [0.15, 0.2) is 11.2 Å². The second kappa shape index (κ2) is 2.35. The van der Waals surface area contributed by atoms with E-state index >= 15 is 0 Å². The van der Waals surface area contributed by atoms with Crippen molar-refractivity contribution in [3.63, 3.8) is 0 Å². The molecule has 64 valence electrons. The molecule has 0 unspecified atom stereocenters. The summed E-state index contributed by atoms with van der Waals surface area (Å²) in [6.07, 6.45) is 6.39. The van der Waals surface area contributed by atoms with Gasteiger partial charge in [-0.05, 0) is 0 Å². The molecule has 0 bridgehead atoms. The van der Waals surface area contributed by atoms with Crippen LogP contribution >= 0.6 is 0 Å². The number of terminal acetylenes is 1. The number of hydrogen-bond donors (Lipinski definition) is 2. The minimum Gasteiger partial charge on any atom is -0.291 e. The summed E-state index contributed by atoms with van der Waals surface area (Å²) in [5.41, 5.74) is -0.795. The SMILES string of the molecule is C#Cn1cnc2c(=O)[nH]c(=O)[nH]c21. The zero-order chi connectivity index (χ0) is 9.42. The van der Waals surface area contributed by atoms with E-state index in [1.807, 2.05) is 4.98 Å². The first-order valence-corrected chi connectivity index (χ1v) is 3.38. The number of rotatable bonds is 0. The normalized spacial score (nSPS) is 10.1. The summed E-state index contributed by atoms with van der Waals surface area (Å²) in [5, 5.41) is 0. The van der Waals surface area contributed by atoms with Crippen LogP contribution in [0.1, 0.15) is 0 Å². The zero-order valence-corrected chi connectivity index (χ0v) is 6.37. The van der Waals surface area contributed by atoms with Gasteiger partial charge in [0.2, 0.25) is 0 Å². The monoisotopic (exact) mass is 176 g/mol. The number of H-pyrrole nitrogens is 2. The standard InChI is InChI=1S/C7H4N4O2/c1-2-11-3-8-4-5(11)9-7(13)10-6(4)12/h1,3H,(H2,9,10,12,13). The molecule has 0 aliphatic carbocycles. The van der Waals surface area contributed by atoms with Crippen LogP contribution in [0.25, 0.3) is 11.2 Å². The van der Waals surface area contributed by atoms with Crippen LogP contribution in [-0.2, 0) is 0 Å². The molecular formula is C7H4N4O2. The fraction of sp³-hybridized carbons (Fsp3) is 0. The van der Waals surface area contributed by atoms with Crippen LogP contribution in [0.5, 0.6) is 0 Å². The third-order valence-electron chi connectivity index (χ3n) is 1.58. The lowest BCUT2D eigenvalue weighted by Crippen LogP contribution is -2.22. The number of hydrogen-bond acceptors (Lipinski definition) is 3. The summed E-state index contributed by atoms with van der Waals surface area (Å²) in [4.78, 5) is 30.1. The number of fused-ring (bicyclic) bond motifs is 1. The fourth-order valence-electron chi connectivity index (χ4n) is 1.03. The van der Waals surface area contributed by atoms with Gasteiger partial charge in [-0.2, -0.15) is 0 Å². The maximum atomic E-state index is 11.1. The van der Waals surface area contributed by atoms with Gasteiger partial charge in [-0.1, -0.05) is 6.42 Å². The topological polar surface area (TPSA) is 83.5 Å². The first-order valence-electron chi connectivity index (χ1n) is 3.38. The van der Waals surface area contributed by atoms with E-state index in [2.05, 4.69) is 16.0 Å². The summed E-state index contributed by atoms with van der Waals surface area (Å²) in [6.45, 7) is 0. The maximum absolute atomic E-state index is 11.1. The van der Waals surface area contributed by atoms with Crippen molar-refractivity contribution in [1.29, 1.82) is 0 Å². The quantitative estimate of drug-likeness (QED) is 0.497. The lowest BCUT2D eigenvalue weighted by Gasteiger charge is -1.89. The maximum Gasteiger partial charge on any atom is 0.327 e. The Balaban J connectivity index is 3.09. The lowest BCUT2D eigenvalue weighted by atomic mass is 10.5. The molecule has 2 aromatic rings. The van der Waals surface area contributed by atoms with Gasteiger partial charge < -0.3 is 0 Å². The molecule has 0 saturated heterocycles. The molecule has 2 rings (SSSR count). The third-order valence-corrected chi connectivity index (χ3v) is 1.58. The summed E-state index contributed by atoms with van der Waals surface area (Å²) >= 11 is 0. The smallest absolute Gasteiger partial charge is 0.291 e. The van der Waals surface area contributed by atoms with Crippen LogP contribution in [0.3, 0.4) is 0 Å². The Morgan fingerprint density at radius 3 is 2.92 bits per heavy atom. The van der Waals surface area contributed by atoms with E-state index in [0.29, 0.717) is 0 Å². The van der Waals surface area contributed by atoms with E-state index in [4.69, 9.17) is 6.42 Å². The fourth-order valence-corrected chi connectivity index (χ4v) is 1.03. The van der Waals surface area contributed by atoms with Crippen LogP contribution in [-0.4, -0.2) is 19.5 Å². The molecule has 0 saturated carbocycles. The second-order valence-corrected chi connectivity index (χ2v) is 2.35. The minimum atomic E-state index is -0.602. The van der Waals surface area contributed by atoms with Crippen molar-refractivity contribution in [2.75, 3.05) is 0 Å². The third kappa shape index (κ3) is 0.945. The molecule has 0 atom stereocenters. The molecule has 6 heteroatoms. The molecule has 2 heterocycles. The van der Waals surface area contributed by atoms with E-state index in [1.165, 1.54) is 10.9 Å². The predicted molar refractivity (Wildman–Crippen MR) is 45.2 cm³/mol. The lowest BCUT2D eigenvalue weighted by molar-refractivity contribution is 1.04. The highest BCUT2D eigenvalue weighted by Gasteiger charge is 2.05. The molecule has 6 nitrogen and oxygen atoms in total. The van der Waals surface area contributed by atoms with Crippen LogP contribution in [0.4, 0.5) is 0 Å². The molecule has 0 aliphatic rings. The highest BCUT2D eigenvalue weighted by Crippen LogP contribution is 1.99. The Morgan fingerprint density at radius 2 is 2.23 bits per heavy atom. The van der Waals surface area contributed by atoms with Crippen LogP contribution < -0.4 is 11.2 Å². The molecule has 0 aliphatic heterocycles. The number of aromatic amines is 2. The average molecular weight is 176 g/mol. The van der Waals surface area contributed by atoms with Crippen molar-refractivity contribution in [3.8, 4) is 12.5 Å². The van der Waals surface area contributed by atoms with E-state index in [1.54, 1.807) is 0 Å². The molecule has 0 amide bonds. The molecule has 0 fully saturated rings. The molecule has 0 spiro atoms. The first kappa shape index (κ1) is 7.36. The molecule has 13 heavy (non-hydrogen) atoms. The minimum absolute atomic E-state index is 0.123. The highest BCUT2D eigenvalue weighted by atomic mass is 16.2. The van der Waals surface area contributed by atoms with E-state index in [9.17, 15) is 9.59 Å². The number of nitrogens with zero attached hydrogens (tertiary/aromatic N) is 2. The average Bonchev–Trinajstić information content (AvgIpc) is 2.47. The number of imidazole rings is 1. The van der Waals surface area contributed by atoms with Crippen molar-refractivity contribution in [3.05, 3.63) is 27.2 Å². The van der Waals surface area contributed by atoms with Crippen LogP contribution in [0, 0.1) is 12.5 Å². The van der Waals surface area contributed by atoms with Crippen molar-refractivity contribution < 1.29 is 0 Å². The number of aromatic nitrogens is 4. The van der Waals surface area contributed by atoms with Gasteiger partial charge in [0, 0.05) is 6.04 Å². The van der Waals surface area contributed by atoms with Crippen molar-refractivity contribution >= 4 is 11.2 Å². The van der Waals surface area contributed by atoms with Gasteiger partial charge in [0.1, 0.15) is 6.33 Å². The van der Waals surface area contributed by atoms with Crippen LogP contribution in [0.2, 0.25) is 0 Å². The van der Waals surface area contributed by atoms with Crippen molar-refractivity contribution in [2.45, 2.75) is 0 Å². The molecular weight excluding hydrogens is 172 g/mol. The molecule has 2 N–H and O–H groups in total. The largest absolute Gasteiger partial charge is 0.327 e. The molecule has 0 radical (unpaired) electrons. The van der Waals surface area contributed by atoms with Crippen LogP contribution in [0.15, 0.2) is 15.9 Å². The Kier molecular flexibility index (Phi) is 1.33. The second-order valence-electron chi connectivity index (χ2n) is 2.35. The predicted octanol–water partition coefficient (Wildman–Crippen LogP) is -1.15. The van der Waals surface area contributed by atoms with Crippen molar-refractivity contribution in [2.24, 2.45) is 0 Å². The summed E-state index contributed by atoms with van der Waals surface area (Å²) < 4.78 is 1.23. The summed E-state index contributed by atoms with van der Waals surface area (Å²) in [6, 6.07) is 2.24. The van der Waals surface area contributed by atoms with Gasteiger partial charge >= 0.3 is 5.69 Å². The van der Waals surface area contributed by atoms with Crippen molar-refractivity contribution in [1.82, 2.24) is 19.5 Å². The highest BCUT2D eigenvalue weighted by molar-refractivity contribution is 5.69. The number of nitrogens with one attached hydrogen (secondary N) is 2. The van der Waals surface area contributed by atoms with E-state index in [-0.39, 0.29) is 11.2 Å². The van der Waals surface area contributed by atoms with Gasteiger partial charge in [-0.3, -0.25) is 14.8 Å². The van der Waals surface area contributed by atoms with Gasteiger partial charge in [-0.15, -0.1) is 0 Å². The van der Waals surface area contributed by atoms with E-state index in [0.717, 1.165) is 0 Å². The summed E-state index contributed by atoms with van der Waals surface area (Å²) in [5.74, 6) is 0. The Hall–Kier alpha value is -2.29. The Bertz CT molecular complexity index is 610. The van der Waals surface area contributed by atoms with Gasteiger partial charge in [0.05, 0.1) is 0 Å². The zero-order valence-electron chi connectivity index (χ0n) is 6.37. The molecule has 0 aromatic carbocycles. The molecule has 2 aromatic heterocycles. The van der Waals surface area contributed by atoms with Gasteiger partial charge in [-0.25, -0.2) is 14.3 Å².